The van der Waals surface area contributed by atoms with Gasteiger partial charge in [0, 0.05) is 5.56 Å². The normalized spacial score (nSPS) is 10.0. The Morgan fingerprint density at radius 3 is 2.44 bits per heavy atom. The summed E-state index contributed by atoms with van der Waals surface area (Å²) in [6, 6.07) is 9.40. The minimum absolute atomic E-state index is 0.0843. The van der Waals surface area contributed by atoms with Crippen molar-refractivity contribution in [3.8, 4) is 11.1 Å². The van der Waals surface area contributed by atoms with Gasteiger partial charge in [-0.2, -0.15) is 0 Å². The summed E-state index contributed by atoms with van der Waals surface area (Å²) in [5.41, 5.74) is 0.155. The fourth-order valence-electron chi connectivity index (χ4n) is 1.47. The molecule has 2 rings (SSSR count). The molecule has 0 saturated carbocycles. The van der Waals surface area contributed by atoms with Gasteiger partial charge in [-0.1, -0.05) is 18.2 Å². The summed E-state index contributed by atoms with van der Waals surface area (Å²) < 4.78 is 4.70. The standard InChI is InChI=1S/C12H8O4/c13-11(14)9-5-2-1-4-8(9)10-6-3-7-16-12(10)15/h1-7H,(H,13,14). The molecule has 0 aliphatic carbocycles. The van der Waals surface area contributed by atoms with E-state index < -0.39 is 11.6 Å². The molecule has 0 unspecified atom stereocenters. The zero-order chi connectivity index (χ0) is 11.5. The Morgan fingerprint density at radius 2 is 1.75 bits per heavy atom. The van der Waals surface area contributed by atoms with Crippen LogP contribution in [0, 0.1) is 0 Å². The van der Waals surface area contributed by atoms with Crippen LogP contribution in [-0.4, -0.2) is 11.1 Å². The zero-order valence-electron chi connectivity index (χ0n) is 8.21. The van der Waals surface area contributed by atoms with Crippen LogP contribution < -0.4 is 5.63 Å². The highest BCUT2D eigenvalue weighted by molar-refractivity contribution is 5.95. The molecule has 0 aliphatic heterocycles. The minimum Gasteiger partial charge on any atom is -0.478 e. The second-order valence-electron chi connectivity index (χ2n) is 3.16. The second-order valence-corrected chi connectivity index (χ2v) is 3.16. The molecule has 80 valence electrons. The highest BCUT2D eigenvalue weighted by Gasteiger charge is 2.13. The topological polar surface area (TPSA) is 67.5 Å². The third kappa shape index (κ3) is 1.72. The first-order valence-corrected chi connectivity index (χ1v) is 4.60. The molecule has 2 aromatic rings. The highest BCUT2D eigenvalue weighted by atomic mass is 16.4. The van der Waals surface area contributed by atoms with E-state index in [-0.39, 0.29) is 11.1 Å². The van der Waals surface area contributed by atoms with E-state index in [2.05, 4.69) is 0 Å². The van der Waals surface area contributed by atoms with Gasteiger partial charge in [-0.05, 0) is 18.2 Å². The van der Waals surface area contributed by atoms with Crippen molar-refractivity contribution in [3.05, 3.63) is 58.6 Å². The number of carboxylic acids is 1. The van der Waals surface area contributed by atoms with Gasteiger partial charge in [-0.25, -0.2) is 9.59 Å². The molecule has 4 nitrogen and oxygen atoms in total. The van der Waals surface area contributed by atoms with Gasteiger partial charge in [-0.3, -0.25) is 0 Å². The Balaban J connectivity index is 2.70. The van der Waals surface area contributed by atoms with Crippen LogP contribution in [0.3, 0.4) is 0 Å². The minimum atomic E-state index is -1.07. The van der Waals surface area contributed by atoms with Crippen LogP contribution in [0.1, 0.15) is 10.4 Å². The molecule has 1 aromatic carbocycles. The Kier molecular flexibility index (Phi) is 2.55. The number of aromatic carboxylic acids is 1. The van der Waals surface area contributed by atoms with Gasteiger partial charge in [0.1, 0.15) is 0 Å². The predicted octanol–water partition coefficient (Wildman–Crippen LogP) is 2.00. The molecule has 1 aromatic heterocycles. The molecule has 1 N–H and O–H groups in total. The van der Waals surface area contributed by atoms with Crippen molar-refractivity contribution < 1.29 is 14.3 Å². The molecule has 0 spiro atoms. The smallest absolute Gasteiger partial charge is 0.343 e. The largest absolute Gasteiger partial charge is 0.478 e. The molecular formula is C12H8O4. The first kappa shape index (κ1) is 10.2. The Bertz CT molecular complexity index is 583. The summed E-state index contributed by atoms with van der Waals surface area (Å²) in [5.74, 6) is -1.07. The molecule has 0 amide bonds. The van der Waals surface area contributed by atoms with Crippen molar-refractivity contribution in [1.82, 2.24) is 0 Å². The van der Waals surface area contributed by atoms with E-state index in [1.54, 1.807) is 24.3 Å². The lowest BCUT2D eigenvalue weighted by molar-refractivity contribution is 0.0697. The molecule has 0 aliphatic rings. The highest BCUT2D eigenvalue weighted by Crippen LogP contribution is 2.20. The molecule has 0 radical (unpaired) electrons. The van der Waals surface area contributed by atoms with Crippen LogP contribution in [0.25, 0.3) is 11.1 Å². The van der Waals surface area contributed by atoms with E-state index in [0.717, 1.165) is 0 Å². The molecule has 4 heteroatoms. The first-order chi connectivity index (χ1) is 7.70. The van der Waals surface area contributed by atoms with E-state index in [1.165, 1.54) is 18.4 Å². The SMILES string of the molecule is O=C(O)c1ccccc1-c1cccoc1=O. The molecule has 0 saturated heterocycles. The monoisotopic (exact) mass is 216 g/mol. The van der Waals surface area contributed by atoms with Crippen LogP contribution in [0.15, 0.2) is 51.9 Å². The van der Waals surface area contributed by atoms with E-state index in [0.29, 0.717) is 5.56 Å². The van der Waals surface area contributed by atoms with E-state index in [1.807, 2.05) is 0 Å². The third-order valence-corrected chi connectivity index (χ3v) is 2.18. The predicted molar refractivity (Wildman–Crippen MR) is 57.4 cm³/mol. The van der Waals surface area contributed by atoms with Crippen molar-refractivity contribution >= 4 is 5.97 Å². The van der Waals surface area contributed by atoms with Gasteiger partial charge in [-0.15, -0.1) is 0 Å². The Morgan fingerprint density at radius 1 is 1.06 bits per heavy atom. The molecule has 0 bridgehead atoms. The lowest BCUT2D eigenvalue weighted by Crippen LogP contribution is -2.06. The summed E-state index contributed by atoms with van der Waals surface area (Å²) in [6.45, 7) is 0. The molecular weight excluding hydrogens is 208 g/mol. The quantitative estimate of drug-likeness (QED) is 0.833. The average Bonchev–Trinajstić information content (AvgIpc) is 2.29. The molecule has 0 atom stereocenters. The van der Waals surface area contributed by atoms with Crippen LogP contribution >= 0.6 is 0 Å². The third-order valence-electron chi connectivity index (χ3n) is 2.18. The number of carbonyl (C=O) groups is 1. The van der Waals surface area contributed by atoms with Crippen molar-refractivity contribution in [3.63, 3.8) is 0 Å². The fraction of sp³-hybridized carbons (Fsp3) is 0. The summed E-state index contributed by atoms with van der Waals surface area (Å²) in [6.07, 6.45) is 1.26. The molecule has 16 heavy (non-hydrogen) atoms. The van der Waals surface area contributed by atoms with Gasteiger partial charge in [0.05, 0.1) is 17.4 Å². The first-order valence-electron chi connectivity index (χ1n) is 4.60. The van der Waals surface area contributed by atoms with E-state index >= 15 is 0 Å². The van der Waals surface area contributed by atoms with E-state index in [4.69, 9.17) is 9.52 Å². The van der Waals surface area contributed by atoms with Crippen LogP contribution in [0.5, 0.6) is 0 Å². The summed E-state index contributed by atoms with van der Waals surface area (Å²) >= 11 is 0. The zero-order valence-corrected chi connectivity index (χ0v) is 8.21. The average molecular weight is 216 g/mol. The summed E-state index contributed by atoms with van der Waals surface area (Å²) in [4.78, 5) is 22.4. The number of hydrogen-bond donors (Lipinski definition) is 1. The number of carboxylic acid groups (broad SMARTS) is 1. The van der Waals surface area contributed by atoms with E-state index in [9.17, 15) is 9.59 Å². The molecule has 0 fully saturated rings. The Labute approximate surface area is 90.8 Å². The fourth-order valence-corrected chi connectivity index (χ4v) is 1.47. The van der Waals surface area contributed by atoms with Crippen molar-refractivity contribution in [2.75, 3.05) is 0 Å². The van der Waals surface area contributed by atoms with Gasteiger partial charge < -0.3 is 9.52 Å². The van der Waals surface area contributed by atoms with Crippen molar-refractivity contribution in [1.29, 1.82) is 0 Å². The lowest BCUT2D eigenvalue weighted by atomic mass is 10.0. The van der Waals surface area contributed by atoms with Crippen LogP contribution in [-0.2, 0) is 0 Å². The van der Waals surface area contributed by atoms with Gasteiger partial charge in [0.2, 0.25) is 0 Å². The maximum atomic E-state index is 11.4. The number of benzene rings is 1. The van der Waals surface area contributed by atoms with Crippen molar-refractivity contribution in [2.45, 2.75) is 0 Å². The summed E-state index contributed by atoms with van der Waals surface area (Å²) in [5, 5.41) is 8.99. The Hall–Kier alpha value is -2.36. The second kappa shape index (κ2) is 4.02. The molecule has 1 heterocycles. The van der Waals surface area contributed by atoms with Crippen molar-refractivity contribution in [2.24, 2.45) is 0 Å². The summed E-state index contributed by atoms with van der Waals surface area (Å²) in [7, 11) is 0. The lowest BCUT2D eigenvalue weighted by Gasteiger charge is -2.03. The number of hydrogen-bond acceptors (Lipinski definition) is 3. The van der Waals surface area contributed by atoms with Crippen LogP contribution in [0.2, 0.25) is 0 Å². The van der Waals surface area contributed by atoms with Gasteiger partial charge in [0.15, 0.2) is 0 Å². The maximum absolute atomic E-state index is 11.4. The maximum Gasteiger partial charge on any atom is 0.343 e. The van der Waals surface area contributed by atoms with Gasteiger partial charge in [0.25, 0.3) is 0 Å². The van der Waals surface area contributed by atoms with Crippen LogP contribution in [0.4, 0.5) is 0 Å². The van der Waals surface area contributed by atoms with Gasteiger partial charge >= 0.3 is 11.6 Å². The number of rotatable bonds is 2.